The van der Waals surface area contributed by atoms with Gasteiger partial charge in [0, 0.05) is 37.9 Å². The average Bonchev–Trinajstić information content (AvgIpc) is 3.48. The van der Waals surface area contributed by atoms with Crippen molar-refractivity contribution in [1.29, 1.82) is 0 Å². The third-order valence-electron chi connectivity index (χ3n) is 5.41. The van der Waals surface area contributed by atoms with Gasteiger partial charge in [-0.3, -0.25) is 9.78 Å². The SMILES string of the molecule is CC(CN)(NC(=O)C1CCN(S(=O)(=O)c2cccnc2)CC1)C1CC1. The van der Waals surface area contributed by atoms with Gasteiger partial charge in [-0.1, -0.05) is 0 Å². The van der Waals surface area contributed by atoms with E-state index in [4.69, 9.17) is 5.73 Å². The molecule has 0 bridgehead atoms. The lowest BCUT2D eigenvalue weighted by molar-refractivity contribution is -0.128. The molecule has 1 atom stereocenters. The van der Waals surface area contributed by atoms with E-state index in [2.05, 4.69) is 10.3 Å². The van der Waals surface area contributed by atoms with E-state index in [9.17, 15) is 13.2 Å². The number of carbonyl (C=O) groups is 1. The zero-order chi connectivity index (χ0) is 18.1. The van der Waals surface area contributed by atoms with Gasteiger partial charge in [0.1, 0.15) is 4.90 Å². The molecule has 1 aromatic heterocycles. The number of amides is 1. The van der Waals surface area contributed by atoms with Gasteiger partial charge in [-0.25, -0.2) is 8.42 Å². The van der Waals surface area contributed by atoms with Gasteiger partial charge >= 0.3 is 0 Å². The number of carbonyl (C=O) groups excluding carboxylic acids is 1. The molecule has 1 aromatic rings. The van der Waals surface area contributed by atoms with Gasteiger partial charge in [-0.2, -0.15) is 4.31 Å². The second kappa shape index (κ2) is 7.01. The molecule has 1 unspecified atom stereocenters. The van der Waals surface area contributed by atoms with Crippen LogP contribution >= 0.6 is 0 Å². The molecule has 3 N–H and O–H groups in total. The summed E-state index contributed by atoms with van der Waals surface area (Å²) in [4.78, 5) is 16.7. The van der Waals surface area contributed by atoms with Crippen LogP contribution in [0.25, 0.3) is 0 Å². The maximum Gasteiger partial charge on any atom is 0.244 e. The first-order valence-electron chi connectivity index (χ1n) is 8.79. The Morgan fingerprint density at radius 1 is 1.36 bits per heavy atom. The van der Waals surface area contributed by atoms with Crippen molar-refractivity contribution in [2.75, 3.05) is 19.6 Å². The number of piperidine rings is 1. The molecular weight excluding hydrogens is 340 g/mol. The van der Waals surface area contributed by atoms with Crippen molar-refractivity contribution in [3.05, 3.63) is 24.5 Å². The smallest absolute Gasteiger partial charge is 0.244 e. The largest absolute Gasteiger partial charge is 0.349 e. The quantitative estimate of drug-likeness (QED) is 0.772. The first-order chi connectivity index (χ1) is 11.9. The fourth-order valence-corrected chi connectivity index (χ4v) is 4.87. The Bertz CT molecular complexity index is 713. The summed E-state index contributed by atoms with van der Waals surface area (Å²) < 4.78 is 26.7. The molecule has 2 fully saturated rings. The van der Waals surface area contributed by atoms with E-state index in [0.29, 0.717) is 38.4 Å². The van der Waals surface area contributed by atoms with Crippen molar-refractivity contribution in [2.24, 2.45) is 17.6 Å². The number of pyridine rings is 1. The molecule has 0 aromatic carbocycles. The normalized spacial score (nSPS) is 22.3. The van der Waals surface area contributed by atoms with Crippen molar-refractivity contribution in [1.82, 2.24) is 14.6 Å². The zero-order valence-corrected chi connectivity index (χ0v) is 15.3. The number of hydrogen-bond acceptors (Lipinski definition) is 5. The van der Waals surface area contributed by atoms with E-state index in [1.165, 1.54) is 10.5 Å². The topological polar surface area (TPSA) is 105 Å². The summed E-state index contributed by atoms with van der Waals surface area (Å²) in [5, 5.41) is 3.12. The van der Waals surface area contributed by atoms with Gasteiger partial charge in [-0.05, 0) is 50.7 Å². The van der Waals surface area contributed by atoms with Gasteiger partial charge in [-0.15, -0.1) is 0 Å². The van der Waals surface area contributed by atoms with Gasteiger partial charge < -0.3 is 11.1 Å². The van der Waals surface area contributed by atoms with Crippen molar-refractivity contribution >= 4 is 15.9 Å². The van der Waals surface area contributed by atoms with Crippen molar-refractivity contribution in [3.8, 4) is 0 Å². The van der Waals surface area contributed by atoms with E-state index in [1.54, 1.807) is 18.3 Å². The minimum Gasteiger partial charge on any atom is -0.349 e. The molecule has 0 radical (unpaired) electrons. The van der Waals surface area contributed by atoms with Crippen LogP contribution in [0.15, 0.2) is 29.4 Å². The first kappa shape index (κ1) is 18.3. The lowest BCUT2D eigenvalue weighted by atomic mass is 9.92. The fourth-order valence-electron chi connectivity index (χ4n) is 3.43. The predicted octanol–water partition coefficient (Wildman–Crippen LogP) is 0.726. The lowest BCUT2D eigenvalue weighted by Gasteiger charge is -2.34. The Balaban J connectivity index is 1.59. The van der Waals surface area contributed by atoms with Crippen LogP contribution in [0, 0.1) is 11.8 Å². The Morgan fingerprint density at radius 3 is 2.56 bits per heavy atom. The Hall–Kier alpha value is -1.51. The lowest BCUT2D eigenvalue weighted by Crippen LogP contribution is -2.55. The van der Waals surface area contributed by atoms with E-state index < -0.39 is 10.0 Å². The summed E-state index contributed by atoms with van der Waals surface area (Å²) in [6.45, 7) is 3.12. The highest BCUT2D eigenvalue weighted by Crippen LogP contribution is 2.39. The molecule has 138 valence electrons. The third kappa shape index (κ3) is 3.86. The Labute approximate surface area is 149 Å². The predicted molar refractivity (Wildman–Crippen MR) is 94.0 cm³/mol. The molecule has 8 heteroatoms. The molecule has 7 nitrogen and oxygen atoms in total. The van der Waals surface area contributed by atoms with Crippen LogP contribution in [0.2, 0.25) is 0 Å². The van der Waals surface area contributed by atoms with E-state index in [1.807, 2.05) is 6.92 Å². The highest BCUT2D eigenvalue weighted by atomic mass is 32.2. The molecule has 1 saturated carbocycles. The van der Waals surface area contributed by atoms with E-state index in [-0.39, 0.29) is 22.3 Å². The Morgan fingerprint density at radius 2 is 2.04 bits per heavy atom. The monoisotopic (exact) mass is 366 g/mol. The summed E-state index contributed by atoms with van der Waals surface area (Å²) in [5.74, 6) is 0.302. The van der Waals surface area contributed by atoms with Crippen LogP contribution in [0.1, 0.15) is 32.6 Å². The maximum absolute atomic E-state index is 12.6. The van der Waals surface area contributed by atoms with Crippen molar-refractivity contribution < 1.29 is 13.2 Å². The molecule has 2 aliphatic rings. The number of nitrogens with one attached hydrogen (secondary N) is 1. The van der Waals surface area contributed by atoms with Gasteiger partial charge in [0.05, 0.1) is 5.54 Å². The first-order valence-corrected chi connectivity index (χ1v) is 10.2. The van der Waals surface area contributed by atoms with Crippen LogP contribution in [0.5, 0.6) is 0 Å². The number of aromatic nitrogens is 1. The molecule has 1 saturated heterocycles. The molecule has 25 heavy (non-hydrogen) atoms. The summed E-state index contributed by atoms with van der Waals surface area (Å²) >= 11 is 0. The highest BCUT2D eigenvalue weighted by molar-refractivity contribution is 7.89. The second-order valence-corrected chi connectivity index (χ2v) is 9.19. The summed E-state index contributed by atoms with van der Waals surface area (Å²) in [6.07, 6.45) is 6.17. The summed E-state index contributed by atoms with van der Waals surface area (Å²) in [6, 6.07) is 3.15. The molecule has 0 spiro atoms. The summed E-state index contributed by atoms with van der Waals surface area (Å²) in [7, 11) is -3.54. The minimum absolute atomic E-state index is 0.00160. The third-order valence-corrected chi connectivity index (χ3v) is 7.29. The number of rotatable bonds is 6. The molecule has 1 aliphatic carbocycles. The standard InChI is InChI=1S/C17H26N4O3S/c1-17(12-18,14-4-5-14)20-16(22)13-6-9-21(10-7-13)25(23,24)15-3-2-8-19-11-15/h2-3,8,11,13-14H,4-7,9-10,12,18H2,1H3,(H,20,22). The van der Waals surface area contributed by atoms with Crippen molar-refractivity contribution in [2.45, 2.75) is 43.0 Å². The minimum atomic E-state index is -3.54. The van der Waals surface area contributed by atoms with Crippen LogP contribution in [-0.4, -0.2) is 48.8 Å². The average molecular weight is 366 g/mol. The zero-order valence-electron chi connectivity index (χ0n) is 14.5. The summed E-state index contributed by atoms with van der Waals surface area (Å²) in [5.41, 5.74) is 5.52. The highest BCUT2D eigenvalue weighted by Gasteiger charge is 2.43. The number of nitrogens with two attached hydrogens (primary N) is 1. The molecule has 1 aliphatic heterocycles. The maximum atomic E-state index is 12.6. The number of sulfonamides is 1. The fraction of sp³-hybridized carbons (Fsp3) is 0.647. The molecule has 1 amide bonds. The van der Waals surface area contributed by atoms with E-state index in [0.717, 1.165) is 12.8 Å². The van der Waals surface area contributed by atoms with Crippen LogP contribution in [0.4, 0.5) is 0 Å². The number of nitrogens with zero attached hydrogens (tertiary/aromatic N) is 2. The van der Waals surface area contributed by atoms with Crippen LogP contribution in [0.3, 0.4) is 0 Å². The van der Waals surface area contributed by atoms with Gasteiger partial charge in [0.2, 0.25) is 15.9 Å². The Kier molecular flexibility index (Phi) is 5.13. The number of hydrogen-bond donors (Lipinski definition) is 2. The molecule has 2 heterocycles. The van der Waals surface area contributed by atoms with Crippen molar-refractivity contribution in [3.63, 3.8) is 0 Å². The van der Waals surface area contributed by atoms with Crippen LogP contribution in [-0.2, 0) is 14.8 Å². The van der Waals surface area contributed by atoms with E-state index >= 15 is 0 Å². The van der Waals surface area contributed by atoms with Crippen LogP contribution < -0.4 is 11.1 Å². The molecule has 3 rings (SSSR count). The van der Waals surface area contributed by atoms with Gasteiger partial charge in [0.25, 0.3) is 0 Å². The second-order valence-electron chi connectivity index (χ2n) is 7.25. The van der Waals surface area contributed by atoms with Gasteiger partial charge in [0.15, 0.2) is 0 Å². The molecular formula is C17H26N4O3S.